The SMILES string of the molecule is Cc1c(C(=O)N[C@H](c2cccc(F)c2)C2CCC2)c2cccc(F)c2c(=O)n1N. The fourth-order valence-corrected chi connectivity index (χ4v) is 3.98. The van der Waals surface area contributed by atoms with Crippen molar-refractivity contribution in [3.63, 3.8) is 0 Å². The fraction of sp³-hybridized carbons (Fsp3) is 0.273. The average molecular weight is 397 g/mol. The van der Waals surface area contributed by atoms with Gasteiger partial charge < -0.3 is 11.2 Å². The molecule has 0 aliphatic heterocycles. The predicted molar refractivity (Wildman–Crippen MR) is 107 cm³/mol. The third-order valence-electron chi connectivity index (χ3n) is 5.78. The molecule has 1 heterocycles. The Bertz CT molecular complexity index is 1170. The van der Waals surface area contributed by atoms with Crippen LogP contribution in [-0.2, 0) is 0 Å². The molecule has 0 bridgehead atoms. The van der Waals surface area contributed by atoms with Crippen molar-refractivity contribution in [3.8, 4) is 0 Å². The zero-order valence-corrected chi connectivity index (χ0v) is 15.9. The number of carbonyl (C=O) groups excluding carboxylic acids is 1. The van der Waals surface area contributed by atoms with E-state index in [0.717, 1.165) is 30.0 Å². The van der Waals surface area contributed by atoms with E-state index in [1.165, 1.54) is 24.3 Å². The Kier molecular flexibility index (Phi) is 4.82. The van der Waals surface area contributed by atoms with Crippen molar-refractivity contribution in [1.29, 1.82) is 0 Å². The van der Waals surface area contributed by atoms with Gasteiger partial charge in [0.1, 0.15) is 11.6 Å². The van der Waals surface area contributed by atoms with Gasteiger partial charge in [-0.1, -0.05) is 30.7 Å². The van der Waals surface area contributed by atoms with E-state index in [4.69, 9.17) is 5.84 Å². The van der Waals surface area contributed by atoms with Gasteiger partial charge in [0.05, 0.1) is 22.7 Å². The summed E-state index contributed by atoms with van der Waals surface area (Å²) in [6.45, 7) is 1.54. The number of rotatable bonds is 4. The molecule has 1 aromatic heterocycles. The first kappa shape index (κ1) is 19.1. The van der Waals surface area contributed by atoms with Gasteiger partial charge in [-0.25, -0.2) is 13.5 Å². The van der Waals surface area contributed by atoms with Crippen LogP contribution in [0.4, 0.5) is 8.78 Å². The van der Waals surface area contributed by atoms with Gasteiger partial charge in [-0.15, -0.1) is 0 Å². The van der Waals surface area contributed by atoms with Crippen LogP contribution in [0, 0.1) is 24.5 Å². The first-order chi connectivity index (χ1) is 13.9. The van der Waals surface area contributed by atoms with Gasteiger partial charge in [-0.2, -0.15) is 0 Å². The first-order valence-corrected chi connectivity index (χ1v) is 9.53. The second-order valence-corrected chi connectivity index (χ2v) is 7.50. The summed E-state index contributed by atoms with van der Waals surface area (Å²) in [7, 11) is 0. The first-order valence-electron chi connectivity index (χ1n) is 9.53. The summed E-state index contributed by atoms with van der Waals surface area (Å²) in [6.07, 6.45) is 2.89. The van der Waals surface area contributed by atoms with Crippen LogP contribution in [0.15, 0.2) is 47.3 Å². The van der Waals surface area contributed by atoms with Gasteiger partial charge in [0, 0.05) is 5.39 Å². The molecule has 0 saturated heterocycles. The molecule has 4 rings (SSSR count). The molecule has 1 aliphatic rings. The van der Waals surface area contributed by atoms with Crippen molar-refractivity contribution in [2.75, 3.05) is 5.84 Å². The summed E-state index contributed by atoms with van der Waals surface area (Å²) in [5.41, 5.74) is 0.351. The number of nitrogens with one attached hydrogen (secondary N) is 1. The number of halogens is 2. The molecular formula is C22H21F2N3O2. The number of carbonyl (C=O) groups is 1. The van der Waals surface area contributed by atoms with E-state index < -0.39 is 17.3 Å². The van der Waals surface area contributed by atoms with Crippen molar-refractivity contribution >= 4 is 16.7 Å². The summed E-state index contributed by atoms with van der Waals surface area (Å²) in [5, 5.41) is 2.96. The van der Waals surface area contributed by atoms with E-state index in [-0.39, 0.29) is 39.8 Å². The molecule has 1 fully saturated rings. The highest BCUT2D eigenvalue weighted by Gasteiger charge is 2.31. The highest BCUT2D eigenvalue weighted by atomic mass is 19.1. The lowest BCUT2D eigenvalue weighted by Gasteiger charge is -2.35. The number of amides is 1. The van der Waals surface area contributed by atoms with Gasteiger partial charge >= 0.3 is 0 Å². The molecular weight excluding hydrogens is 376 g/mol. The number of nitrogens with zero attached hydrogens (tertiary/aromatic N) is 1. The van der Waals surface area contributed by atoms with Crippen molar-refractivity contribution in [1.82, 2.24) is 9.99 Å². The topological polar surface area (TPSA) is 77.1 Å². The van der Waals surface area contributed by atoms with Crippen molar-refractivity contribution in [3.05, 3.63) is 81.3 Å². The number of hydrogen-bond acceptors (Lipinski definition) is 3. The Balaban J connectivity index is 1.81. The molecule has 0 spiro atoms. The van der Waals surface area contributed by atoms with Crippen LogP contribution in [0.25, 0.3) is 10.8 Å². The lowest BCUT2D eigenvalue weighted by molar-refractivity contribution is 0.0901. The smallest absolute Gasteiger partial charge is 0.279 e. The van der Waals surface area contributed by atoms with E-state index in [2.05, 4.69) is 5.32 Å². The van der Waals surface area contributed by atoms with Crippen molar-refractivity contribution in [2.45, 2.75) is 32.2 Å². The summed E-state index contributed by atoms with van der Waals surface area (Å²) in [5.74, 6) is 4.43. The van der Waals surface area contributed by atoms with Crippen molar-refractivity contribution in [2.24, 2.45) is 5.92 Å². The molecule has 29 heavy (non-hydrogen) atoms. The summed E-state index contributed by atoms with van der Waals surface area (Å²) in [6, 6.07) is 9.91. The molecule has 1 aliphatic carbocycles. The minimum absolute atomic E-state index is 0.141. The molecule has 150 valence electrons. The zero-order chi connectivity index (χ0) is 20.7. The Morgan fingerprint density at radius 1 is 1.21 bits per heavy atom. The molecule has 0 radical (unpaired) electrons. The molecule has 1 amide bonds. The number of benzene rings is 2. The maximum absolute atomic E-state index is 14.3. The number of hydrogen-bond donors (Lipinski definition) is 2. The molecule has 5 nitrogen and oxygen atoms in total. The Morgan fingerprint density at radius 2 is 1.93 bits per heavy atom. The monoisotopic (exact) mass is 397 g/mol. The summed E-state index contributed by atoms with van der Waals surface area (Å²) in [4.78, 5) is 25.7. The normalized spacial score (nSPS) is 15.1. The molecule has 0 unspecified atom stereocenters. The van der Waals surface area contributed by atoms with Crippen LogP contribution < -0.4 is 16.7 Å². The lowest BCUT2D eigenvalue weighted by atomic mass is 9.77. The van der Waals surface area contributed by atoms with E-state index in [9.17, 15) is 18.4 Å². The number of nitrogen functional groups attached to an aromatic ring is 1. The third kappa shape index (κ3) is 3.26. The number of pyridine rings is 1. The molecule has 3 N–H and O–H groups in total. The maximum atomic E-state index is 14.3. The van der Waals surface area contributed by atoms with Gasteiger partial charge in [-0.3, -0.25) is 9.59 Å². The molecule has 3 aromatic rings. The minimum Gasteiger partial charge on any atom is -0.345 e. The quantitative estimate of drug-likeness (QED) is 0.661. The fourth-order valence-electron chi connectivity index (χ4n) is 3.98. The lowest BCUT2D eigenvalue weighted by Crippen LogP contribution is -2.39. The average Bonchev–Trinajstić information content (AvgIpc) is 2.64. The highest BCUT2D eigenvalue weighted by Crippen LogP contribution is 2.38. The third-order valence-corrected chi connectivity index (χ3v) is 5.78. The van der Waals surface area contributed by atoms with Gasteiger partial charge in [-0.05, 0) is 49.4 Å². The van der Waals surface area contributed by atoms with Crippen molar-refractivity contribution < 1.29 is 13.6 Å². The van der Waals surface area contributed by atoms with Gasteiger partial charge in [0.15, 0.2) is 0 Å². The highest BCUT2D eigenvalue weighted by molar-refractivity contribution is 6.08. The van der Waals surface area contributed by atoms with E-state index >= 15 is 0 Å². The Hall–Kier alpha value is -3.22. The number of fused-ring (bicyclic) bond motifs is 1. The Labute approximate surface area is 166 Å². The van der Waals surface area contributed by atoms with Gasteiger partial charge in [0.2, 0.25) is 0 Å². The summed E-state index contributed by atoms with van der Waals surface area (Å²) < 4.78 is 28.9. The molecule has 7 heteroatoms. The predicted octanol–water partition coefficient (Wildman–Crippen LogP) is 3.57. The maximum Gasteiger partial charge on any atom is 0.279 e. The zero-order valence-electron chi connectivity index (χ0n) is 15.9. The second kappa shape index (κ2) is 7.31. The van der Waals surface area contributed by atoms with Crippen LogP contribution >= 0.6 is 0 Å². The van der Waals surface area contributed by atoms with Crippen LogP contribution in [0.5, 0.6) is 0 Å². The molecule has 1 saturated carbocycles. The standard InChI is InChI=1S/C22H21F2N3O2/c1-12-18(16-9-4-10-17(24)19(16)22(29)27(12)25)21(28)26-20(13-5-2-6-13)14-7-3-8-15(23)11-14/h3-4,7-11,13,20H,2,5-6,25H2,1H3,(H,26,28)/t20-/m0/s1. The van der Waals surface area contributed by atoms with E-state index in [1.807, 2.05) is 0 Å². The van der Waals surface area contributed by atoms with E-state index in [1.54, 1.807) is 19.1 Å². The molecule has 2 aromatic carbocycles. The Morgan fingerprint density at radius 3 is 2.59 bits per heavy atom. The van der Waals surface area contributed by atoms with Crippen LogP contribution in [0.3, 0.4) is 0 Å². The van der Waals surface area contributed by atoms with E-state index in [0.29, 0.717) is 5.56 Å². The minimum atomic E-state index is -0.735. The number of aromatic nitrogens is 1. The largest absolute Gasteiger partial charge is 0.345 e. The second-order valence-electron chi connectivity index (χ2n) is 7.50. The van der Waals surface area contributed by atoms with Crippen LogP contribution in [-0.4, -0.2) is 10.6 Å². The van der Waals surface area contributed by atoms with Crippen LogP contribution in [0.1, 0.15) is 46.9 Å². The number of nitrogens with two attached hydrogens (primary N) is 1. The van der Waals surface area contributed by atoms with Gasteiger partial charge in [0.25, 0.3) is 11.5 Å². The summed E-state index contributed by atoms with van der Waals surface area (Å²) >= 11 is 0. The van der Waals surface area contributed by atoms with Crippen LogP contribution in [0.2, 0.25) is 0 Å². The molecule has 1 atom stereocenters.